The van der Waals surface area contributed by atoms with E-state index in [9.17, 15) is 0 Å². The Balaban J connectivity index is 1.52. The molecule has 31 heavy (non-hydrogen) atoms. The van der Waals surface area contributed by atoms with Gasteiger partial charge in [-0.15, -0.1) is 0 Å². The molecule has 0 aliphatic heterocycles. The van der Waals surface area contributed by atoms with Gasteiger partial charge in [0.2, 0.25) is 0 Å². The van der Waals surface area contributed by atoms with Crippen LogP contribution in [0, 0.1) is 6.92 Å². The monoisotopic (exact) mass is 403 g/mol. The van der Waals surface area contributed by atoms with Gasteiger partial charge in [0.15, 0.2) is 0 Å². The van der Waals surface area contributed by atoms with Crippen molar-refractivity contribution in [1.29, 1.82) is 0 Å². The van der Waals surface area contributed by atoms with Crippen molar-refractivity contribution in [3.05, 3.63) is 79.1 Å². The first-order valence-electron chi connectivity index (χ1n) is 9.91. The van der Waals surface area contributed by atoms with Crippen molar-refractivity contribution in [2.75, 3.05) is 0 Å². The van der Waals surface area contributed by atoms with Gasteiger partial charge in [0.25, 0.3) is 0 Å². The van der Waals surface area contributed by atoms with E-state index in [2.05, 4.69) is 54.2 Å². The summed E-state index contributed by atoms with van der Waals surface area (Å²) in [5.74, 6) is 0. The average molecular weight is 403 g/mol. The lowest BCUT2D eigenvalue weighted by Crippen LogP contribution is -1.88. The minimum atomic E-state index is 0.817. The Labute approximate surface area is 177 Å². The highest BCUT2D eigenvalue weighted by atomic mass is 15.1. The third kappa shape index (κ3) is 2.86. The summed E-state index contributed by atoms with van der Waals surface area (Å²) >= 11 is 0. The number of aryl methyl sites for hydroxylation is 1. The van der Waals surface area contributed by atoms with Crippen molar-refractivity contribution < 1.29 is 0 Å². The Morgan fingerprint density at radius 2 is 1.65 bits per heavy atom. The summed E-state index contributed by atoms with van der Waals surface area (Å²) in [5, 5.41) is 9.69. The maximum absolute atomic E-state index is 4.60. The predicted molar refractivity (Wildman–Crippen MR) is 120 cm³/mol. The number of nitrogens with zero attached hydrogens (tertiary/aromatic N) is 5. The quantitative estimate of drug-likeness (QED) is 0.437. The molecule has 0 saturated carbocycles. The molecule has 7 heteroatoms. The highest BCUT2D eigenvalue weighted by Crippen LogP contribution is 2.34. The molecule has 2 N–H and O–H groups in total. The number of aromatic amines is 2. The van der Waals surface area contributed by atoms with E-state index in [1.165, 1.54) is 0 Å². The van der Waals surface area contributed by atoms with Crippen LogP contribution in [0.3, 0.4) is 0 Å². The van der Waals surface area contributed by atoms with Crippen LogP contribution in [0.25, 0.3) is 55.7 Å². The van der Waals surface area contributed by atoms with Crippen molar-refractivity contribution in [3.8, 4) is 33.8 Å². The topological polar surface area (TPSA) is 96.0 Å². The van der Waals surface area contributed by atoms with E-state index < -0.39 is 0 Å². The van der Waals surface area contributed by atoms with Crippen LogP contribution in [0.15, 0.2) is 73.6 Å². The van der Waals surface area contributed by atoms with Crippen LogP contribution < -0.4 is 0 Å². The Hall–Kier alpha value is -4.39. The maximum Gasteiger partial charge on any atom is 0.138 e. The average Bonchev–Trinajstić information content (AvgIpc) is 3.43. The minimum absolute atomic E-state index is 0.817. The molecule has 0 aliphatic carbocycles. The van der Waals surface area contributed by atoms with Crippen molar-refractivity contribution in [3.63, 3.8) is 0 Å². The largest absolute Gasteiger partial charge is 0.338 e. The highest BCUT2D eigenvalue weighted by Gasteiger charge is 2.15. The number of hydrogen-bond acceptors (Lipinski definition) is 5. The van der Waals surface area contributed by atoms with Crippen molar-refractivity contribution in [2.24, 2.45) is 0 Å². The Bertz CT molecular complexity index is 1550. The zero-order valence-corrected chi connectivity index (χ0v) is 16.7. The number of H-pyrrole nitrogens is 2. The number of nitrogens with one attached hydrogen (secondary N) is 2. The molecule has 148 valence electrons. The number of aromatic nitrogens is 7. The van der Waals surface area contributed by atoms with Gasteiger partial charge in [-0.1, -0.05) is 0 Å². The van der Waals surface area contributed by atoms with Crippen LogP contribution in [0.4, 0.5) is 0 Å². The molecule has 7 nitrogen and oxygen atoms in total. The van der Waals surface area contributed by atoms with Gasteiger partial charge in [-0.25, -0.2) is 4.98 Å². The molecule has 0 unspecified atom stereocenters. The zero-order valence-electron chi connectivity index (χ0n) is 16.7. The van der Waals surface area contributed by atoms with Gasteiger partial charge in [0, 0.05) is 47.3 Å². The fourth-order valence-corrected chi connectivity index (χ4v) is 3.94. The van der Waals surface area contributed by atoms with Gasteiger partial charge in [0.05, 0.1) is 23.1 Å². The predicted octanol–water partition coefficient (Wildman–Crippen LogP) is 4.93. The molecule has 0 amide bonds. The molecule has 0 aliphatic rings. The van der Waals surface area contributed by atoms with Crippen LogP contribution in [-0.2, 0) is 0 Å². The molecular formula is C24H17N7. The normalized spacial score (nSPS) is 11.4. The molecule has 0 saturated heterocycles. The minimum Gasteiger partial charge on any atom is -0.338 e. The van der Waals surface area contributed by atoms with Gasteiger partial charge in [-0.2, -0.15) is 5.10 Å². The molecular weight excluding hydrogens is 386 g/mol. The molecule has 0 spiro atoms. The Morgan fingerprint density at radius 3 is 2.52 bits per heavy atom. The molecule has 0 radical (unpaired) electrons. The molecule has 0 aromatic carbocycles. The highest BCUT2D eigenvalue weighted by molar-refractivity contribution is 6.00. The maximum atomic E-state index is 4.60. The van der Waals surface area contributed by atoms with E-state index in [0.717, 1.165) is 61.3 Å². The summed E-state index contributed by atoms with van der Waals surface area (Å²) in [6.45, 7) is 2.06. The smallest absolute Gasteiger partial charge is 0.138 e. The van der Waals surface area contributed by atoms with Gasteiger partial charge in [-0.05, 0) is 60.0 Å². The summed E-state index contributed by atoms with van der Waals surface area (Å²) in [5.41, 5.74) is 8.63. The van der Waals surface area contributed by atoms with Gasteiger partial charge >= 0.3 is 0 Å². The fourth-order valence-electron chi connectivity index (χ4n) is 3.94. The molecule has 6 aromatic rings. The van der Waals surface area contributed by atoms with Crippen LogP contribution >= 0.6 is 0 Å². The Kier molecular flexibility index (Phi) is 3.86. The van der Waals surface area contributed by atoms with Gasteiger partial charge in [-0.3, -0.25) is 20.1 Å². The lowest BCUT2D eigenvalue weighted by atomic mass is 10.0. The third-order valence-corrected chi connectivity index (χ3v) is 5.54. The van der Waals surface area contributed by atoms with E-state index in [1.807, 2.05) is 42.9 Å². The van der Waals surface area contributed by atoms with Gasteiger partial charge < -0.3 is 4.98 Å². The second kappa shape index (κ2) is 6.84. The van der Waals surface area contributed by atoms with E-state index in [1.54, 1.807) is 18.6 Å². The number of pyridine rings is 4. The number of fused-ring (bicyclic) bond motifs is 2. The molecule has 6 rings (SSSR count). The van der Waals surface area contributed by atoms with Crippen LogP contribution in [-0.4, -0.2) is 35.1 Å². The van der Waals surface area contributed by atoms with Crippen LogP contribution in [0.5, 0.6) is 0 Å². The third-order valence-electron chi connectivity index (χ3n) is 5.54. The van der Waals surface area contributed by atoms with E-state index in [4.69, 9.17) is 0 Å². The Morgan fingerprint density at radius 1 is 0.774 bits per heavy atom. The molecule has 6 aromatic heterocycles. The zero-order chi connectivity index (χ0) is 20.8. The van der Waals surface area contributed by atoms with Crippen molar-refractivity contribution in [1.82, 2.24) is 35.1 Å². The molecule has 0 bridgehead atoms. The standard InChI is InChI=1S/C24H17N7/c1-14-2-6-26-12-19(14)20-11-18-22(13-28-20)30-31-23(18)21-10-17-16(5-9-27-24(17)29-21)15-3-7-25-8-4-15/h2-13H,1H3,(H,27,29)(H,30,31). The second-order valence-electron chi connectivity index (χ2n) is 7.42. The molecule has 0 fully saturated rings. The van der Waals surface area contributed by atoms with Gasteiger partial charge in [0.1, 0.15) is 11.3 Å². The fraction of sp³-hybridized carbons (Fsp3) is 0.0417. The van der Waals surface area contributed by atoms with Crippen LogP contribution in [0.2, 0.25) is 0 Å². The lowest BCUT2D eigenvalue weighted by Gasteiger charge is -2.04. The second-order valence-corrected chi connectivity index (χ2v) is 7.42. The molecule has 6 heterocycles. The first-order valence-corrected chi connectivity index (χ1v) is 9.91. The SMILES string of the molecule is Cc1ccncc1-c1cc2c(-c3cc4c(-c5ccncc5)ccnc4[nH]3)n[nH]c2cn1. The lowest BCUT2D eigenvalue weighted by molar-refractivity contribution is 1.11. The summed E-state index contributed by atoms with van der Waals surface area (Å²) in [6, 6.07) is 12.2. The van der Waals surface area contributed by atoms with Crippen molar-refractivity contribution in [2.45, 2.75) is 6.92 Å². The van der Waals surface area contributed by atoms with E-state index in [-0.39, 0.29) is 0 Å². The van der Waals surface area contributed by atoms with E-state index in [0.29, 0.717) is 0 Å². The van der Waals surface area contributed by atoms with Crippen molar-refractivity contribution >= 4 is 21.9 Å². The summed E-state index contributed by atoms with van der Waals surface area (Å²) in [4.78, 5) is 20.9. The molecule has 0 atom stereocenters. The first kappa shape index (κ1) is 17.5. The summed E-state index contributed by atoms with van der Waals surface area (Å²) < 4.78 is 0. The number of hydrogen-bond donors (Lipinski definition) is 2. The summed E-state index contributed by atoms with van der Waals surface area (Å²) in [7, 11) is 0. The van der Waals surface area contributed by atoms with E-state index >= 15 is 0 Å². The number of rotatable bonds is 3. The van der Waals surface area contributed by atoms with Crippen LogP contribution in [0.1, 0.15) is 5.56 Å². The first-order chi connectivity index (χ1) is 15.3. The summed E-state index contributed by atoms with van der Waals surface area (Å²) in [6.07, 6.45) is 10.9.